The van der Waals surface area contributed by atoms with Crippen molar-refractivity contribution in [1.29, 1.82) is 0 Å². The number of thioether (sulfide) groups is 1. The molecule has 0 aliphatic rings. The van der Waals surface area contributed by atoms with Crippen LogP contribution < -0.4 is 10.7 Å². The van der Waals surface area contributed by atoms with E-state index in [4.69, 9.17) is 4.42 Å². The van der Waals surface area contributed by atoms with Crippen molar-refractivity contribution in [2.24, 2.45) is 5.10 Å². The monoisotopic (exact) mass is 496 g/mol. The average molecular weight is 497 g/mol. The zero-order valence-electron chi connectivity index (χ0n) is 19.6. The molecule has 5 rings (SSSR count). The highest BCUT2D eigenvalue weighted by Crippen LogP contribution is 2.25. The van der Waals surface area contributed by atoms with Crippen molar-refractivity contribution in [2.75, 3.05) is 11.1 Å². The third kappa shape index (κ3) is 5.47. The van der Waals surface area contributed by atoms with Gasteiger partial charge >= 0.3 is 0 Å². The first kappa shape index (κ1) is 23.4. The lowest BCUT2D eigenvalue weighted by atomic mass is 10.1. The maximum Gasteiger partial charge on any atom is 0.250 e. The van der Waals surface area contributed by atoms with Crippen LogP contribution in [0.4, 0.5) is 5.69 Å². The van der Waals surface area contributed by atoms with E-state index in [0.29, 0.717) is 17.5 Å². The average Bonchev–Trinajstić information content (AvgIpc) is 3.52. The Kier molecular flexibility index (Phi) is 7.09. The van der Waals surface area contributed by atoms with Gasteiger partial charge in [-0.3, -0.25) is 9.36 Å². The first-order chi connectivity index (χ1) is 17.7. The SMILES string of the molecule is Cc1ccc(/C=N/NC(=O)CSc2nnc(CNc3cccc4ccccc34)n2-c2ccccc2)o1. The number of furan rings is 1. The number of anilines is 1. The molecule has 0 unspecified atom stereocenters. The molecule has 1 amide bonds. The van der Waals surface area contributed by atoms with Crippen molar-refractivity contribution in [1.82, 2.24) is 20.2 Å². The van der Waals surface area contributed by atoms with E-state index < -0.39 is 0 Å². The third-order valence-electron chi connectivity index (χ3n) is 5.42. The Morgan fingerprint density at radius 2 is 1.81 bits per heavy atom. The molecular formula is C27H24N6O2S. The smallest absolute Gasteiger partial charge is 0.250 e. The van der Waals surface area contributed by atoms with E-state index in [9.17, 15) is 4.79 Å². The summed E-state index contributed by atoms with van der Waals surface area (Å²) in [5.74, 6) is 1.98. The molecule has 0 aliphatic carbocycles. The zero-order valence-corrected chi connectivity index (χ0v) is 20.4. The number of hydrogen-bond acceptors (Lipinski definition) is 7. The van der Waals surface area contributed by atoms with Gasteiger partial charge in [0.05, 0.1) is 18.5 Å². The summed E-state index contributed by atoms with van der Waals surface area (Å²) in [5, 5.41) is 19.2. The van der Waals surface area contributed by atoms with Crippen LogP contribution in [0.2, 0.25) is 0 Å². The number of hydrazone groups is 1. The fourth-order valence-electron chi connectivity index (χ4n) is 3.75. The van der Waals surface area contributed by atoms with Crippen LogP contribution in [0, 0.1) is 6.92 Å². The molecule has 0 aliphatic heterocycles. The van der Waals surface area contributed by atoms with E-state index in [1.807, 2.05) is 66.1 Å². The number of nitrogens with one attached hydrogen (secondary N) is 2. The summed E-state index contributed by atoms with van der Waals surface area (Å²) in [6.45, 7) is 2.32. The summed E-state index contributed by atoms with van der Waals surface area (Å²) in [6.07, 6.45) is 1.47. The molecule has 0 saturated heterocycles. The van der Waals surface area contributed by atoms with Crippen molar-refractivity contribution in [3.63, 3.8) is 0 Å². The molecule has 0 saturated carbocycles. The summed E-state index contributed by atoms with van der Waals surface area (Å²) in [7, 11) is 0. The minimum absolute atomic E-state index is 0.135. The summed E-state index contributed by atoms with van der Waals surface area (Å²) in [6, 6.07) is 27.9. The normalized spacial score (nSPS) is 11.2. The van der Waals surface area contributed by atoms with E-state index in [2.05, 4.69) is 50.3 Å². The second-order valence-electron chi connectivity index (χ2n) is 7.98. The molecule has 9 heteroatoms. The lowest BCUT2D eigenvalue weighted by Gasteiger charge is -2.12. The lowest BCUT2D eigenvalue weighted by molar-refractivity contribution is -0.118. The second kappa shape index (κ2) is 10.9. The number of hydrogen-bond donors (Lipinski definition) is 2. The summed E-state index contributed by atoms with van der Waals surface area (Å²) in [5.41, 5.74) is 4.46. The van der Waals surface area contributed by atoms with E-state index >= 15 is 0 Å². The molecule has 5 aromatic rings. The molecule has 0 spiro atoms. The first-order valence-electron chi connectivity index (χ1n) is 11.4. The zero-order chi connectivity index (χ0) is 24.7. The number of fused-ring (bicyclic) bond motifs is 1. The van der Waals surface area contributed by atoms with Gasteiger partial charge in [0.2, 0.25) is 0 Å². The predicted octanol–water partition coefficient (Wildman–Crippen LogP) is 5.18. The Morgan fingerprint density at radius 1 is 1.00 bits per heavy atom. The molecule has 2 heterocycles. The predicted molar refractivity (Wildman–Crippen MR) is 143 cm³/mol. The Hall–Kier alpha value is -4.37. The number of carbonyl (C=O) groups is 1. The minimum atomic E-state index is -0.252. The van der Waals surface area contributed by atoms with Crippen LogP contribution in [0.15, 0.2) is 99.6 Å². The molecule has 0 radical (unpaired) electrons. The van der Waals surface area contributed by atoms with E-state index in [1.54, 1.807) is 6.07 Å². The number of aryl methyl sites for hydroxylation is 1. The Labute approximate surface area is 212 Å². The van der Waals surface area contributed by atoms with Crippen molar-refractivity contribution in [3.05, 3.63) is 102 Å². The molecule has 8 nitrogen and oxygen atoms in total. The molecule has 0 bridgehead atoms. The van der Waals surface area contributed by atoms with Gasteiger partial charge in [-0.25, -0.2) is 5.43 Å². The summed E-state index contributed by atoms with van der Waals surface area (Å²) >= 11 is 1.30. The molecular weight excluding hydrogens is 472 g/mol. The quantitative estimate of drug-likeness (QED) is 0.166. The number of nitrogens with zero attached hydrogens (tertiary/aromatic N) is 4. The topological polar surface area (TPSA) is 97.3 Å². The van der Waals surface area contributed by atoms with Gasteiger partial charge in [-0.05, 0) is 42.6 Å². The van der Waals surface area contributed by atoms with Gasteiger partial charge in [0, 0.05) is 16.8 Å². The van der Waals surface area contributed by atoms with Crippen molar-refractivity contribution in [3.8, 4) is 5.69 Å². The maximum absolute atomic E-state index is 12.4. The van der Waals surface area contributed by atoms with Crippen LogP contribution >= 0.6 is 11.8 Å². The molecule has 36 heavy (non-hydrogen) atoms. The maximum atomic E-state index is 12.4. The first-order valence-corrected chi connectivity index (χ1v) is 12.4. The van der Waals surface area contributed by atoms with Crippen LogP contribution in [-0.4, -0.2) is 32.6 Å². The fraction of sp³-hybridized carbons (Fsp3) is 0.111. The second-order valence-corrected chi connectivity index (χ2v) is 8.92. The molecule has 180 valence electrons. The van der Waals surface area contributed by atoms with Crippen molar-refractivity contribution in [2.45, 2.75) is 18.6 Å². The van der Waals surface area contributed by atoms with Crippen molar-refractivity contribution >= 4 is 40.3 Å². The van der Waals surface area contributed by atoms with Crippen LogP contribution in [-0.2, 0) is 11.3 Å². The van der Waals surface area contributed by atoms with Gasteiger partial charge in [0.15, 0.2) is 11.0 Å². The Balaban J connectivity index is 1.30. The molecule has 2 aromatic heterocycles. The van der Waals surface area contributed by atoms with Gasteiger partial charge in [-0.15, -0.1) is 10.2 Å². The number of para-hydroxylation sites is 1. The Bertz CT molecular complexity index is 1500. The highest BCUT2D eigenvalue weighted by Gasteiger charge is 2.16. The van der Waals surface area contributed by atoms with E-state index in [0.717, 1.165) is 28.3 Å². The van der Waals surface area contributed by atoms with Crippen LogP contribution in [0.25, 0.3) is 16.5 Å². The number of rotatable bonds is 9. The molecule has 2 N–H and O–H groups in total. The standard InChI is InChI=1S/C27H24N6O2S/c1-19-14-15-22(35-19)16-29-31-26(34)18-36-27-32-30-25(33(27)21-10-3-2-4-11-21)17-28-24-13-7-9-20-8-5-6-12-23(20)24/h2-16,28H,17-18H2,1H3,(H,31,34)/b29-16+. The number of aromatic nitrogens is 3. The summed E-state index contributed by atoms with van der Waals surface area (Å²) < 4.78 is 7.37. The van der Waals surface area contributed by atoms with Gasteiger partial charge in [0.25, 0.3) is 5.91 Å². The highest BCUT2D eigenvalue weighted by atomic mass is 32.2. The molecule has 0 fully saturated rings. The van der Waals surface area contributed by atoms with E-state index in [1.165, 1.54) is 23.4 Å². The highest BCUT2D eigenvalue weighted by molar-refractivity contribution is 7.99. The van der Waals surface area contributed by atoms with Gasteiger partial charge < -0.3 is 9.73 Å². The van der Waals surface area contributed by atoms with Crippen molar-refractivity contribution < 1.29 is 9.21 Å². The molecule has 0 atom stereocenters. The van der Waals surface area contributed by atoms with Crippen LogP contribution in [0.1, 0.15) is 17.3 Å². The molecule has 3 aromatic carbocycles. The van der Waals surface area contributed by atoms with Gasteiger partial charge in [-0.2, -0.15) is 5.10 Å². The number of amides is 1. The number of benzene rings is 3. The van der Waals surface area contributed by atoms with Gasteiger partial charge in [0.1, 0.15) is 11.5 Å². The van der Waals surface area contributed by atoms with Gasteiger partial charge in [-0.1, -0.05) is 66.4 Å². The van der Waals surface area contributed by atoms with E-state index in [-0.39, 0.29) is 11.7 Å². The third-order valence-corrected chi connectivity index (χ3v) is 6.34. The van der Waals surface area contributed by atoms with Crippen LogP contribution in [0.5, 0.6) is 0 Å². The summed E-state index contributed by atoms with van der Waals surface area (Å²) in [4.78, 5) is 12.4. The minimum Gasteiger partial charge on any atom is -0.460 e. The lowest BCUT2D eigenvalue weighted by Crippen LogP contribution is -2.20. The Morgan fingerprint density at radius 3 is 2.64 bits per heavy atom. The fourth-order valence-corrected chi connectivity index (χ4v) is 4.51. The number of carbonyl (C=O) groups excluding carboxylic acids is 1. The van der Waals surface area contributed by atoms with Crippen LogP contribution in [0.3, 0.4) is 0 Å². The largest absolute Gasteiger partial charge is 0.460 e.